The average Bonchev–Trinajstić information content (AvgIpc) is 0. The first-order valence-corrected chi connectivity index (χ1v) is 0. The Bertz CT molecular complexity index is 7.80. The quantitative estimate of drug-likeness (QED) is 0.396. The zero-order chi connectivity index (χ0) is 0. The Kier molecular flexibility index (Phi) is 246000. The average molecular weight is 364 g/mol. The van der Waals surface area contributed by atoms with Crippen molar-refractivity contribution >= 4 is 0 Å². The van der Waals surface area contributed by atoms with Crippen molar-refractivity contribution in [3.8, 4) is 0 Å². The Balaban J connectivity index is 0. The first-order chi connectivity index (χ1) is 0. The van der Waals surface area contributed by atoms with Gasteiger partial charge in [0.2, 0.25) is 0 Å². The SMILES string of the molecule is O.O.[Mo].[Mo].[OH-].[OH-].[OH-].[OH-].[OH-].[OH-].[OH-].[OH-]. The van der Waals surface area contributed by atoms with Crippen LogP contribution in [0, 0.1) is 0 Å². The van der Waals surface area contributed by atoms with Gasteiger partial charge in [-0.3, -0.25) is 0 Å². The first kappa shape index (κ1) is 1950. The molecule has 0 aliphatic rings. The molecule has 92 valence electrons. The van der Waals surface area contributed by atoms with Crippen LogP contribution < -0.4 is 0 Å². The molecule has 12 heavy (non-hydrogen) atoms. The predicted molar refractivity (Wildman–Crippen MR) is 22.7 cm³/mol. The van der Waals surface area contributed by atoms with Gasteiger partial charge >= 0.3 is 0 Å². The molecule has 0 radical (unpaired) electrons. The first-order valence-electron chi connectivity index (χ1n) is 0. The van der Waals surface area contributed by atoms with Gasteiger partial charge in [0.25, 0.3) is 0 Å². The van der Waals surface area contributed by atoms with Gasteiger partial charge in [0.15, 0.2) is 0 Å². The van der Waals surface area contributed by atoms with E-state index in [0.29, 0.717) is 0 Å². The van der Waals surface area contributed by atoms with Crippen molar-refractivity contribution < 1.29 is 96.9 Å². The van der Waals surface area contributed by atoms with Gasteiger partial charge < -0.3 is 54.8 Å². The van der Waals surface area contributed by atoms with E-state index in [1.54, 1.807) is 0 Å². The number of hydrogen-bond donors (Lipinski definition) is 0. The van der Waals surface area contributed by atoms with Gasteiger partial charge in [-0.1, -0.05) is 0 Å². The summed E-state index contributed by atoms with van der Waals surface area (Å²) in [6.45, 7) is 0. The van der Waals surface area contributed by atoms with Crippen molar-refractivity contribution in [1.29, 1.82) is 0 Å². The van der Waals surface area contributed by atoms with E-state index in [4.69, 9.17) is 0 Å². The standard InChI is InChI=1S/2Mo.10H2O/h;;10*1H2/p-8. The van der Waals surface area contributed by atoms with E-state index in [-0.39, 0.29) is 96.9 Å². The van der Waals surface area contributed by atoms with Gasteiger partial charge in [-0.2, -0.15) is 0 Å². The summed E-state index contributed by atoms with van der Waals surface area (Å²) in [7, 11) is 0. The summed E-state index contributed by atoms with van der Waals surface area (Å²) in [5.41, 5.74) is 0. The molecule has 0 unspecified atom stereocenters. The van der Waals surface area contributed by atoms with Crippen LogP contribution in [0.15, 0.2) is 0 Å². The third-order valence-corrected chi connectivity index (χ3v) is 0. The summed E-state index contributed by atoms with van der Waals surface area (Å²) >= 11 is 0. The molecule has 0 atom stereocenters. The van der Waals surface area contributed by atoms with E-state index in [0.717, 1.165) is 0 Å². The van der Waals surface area contributed by atoms with Gasteiger partial charge in [-0.25, -0.2) is 0 Å². The van der Waals surface area contributed by atoms with E-state index >= 15 is 0 Å². The van der Waals surface area contributed by atoms with Crippen molar-refractivity contribution in [2.75, 3.05) is 0 Å². The fourth-order valence-corrected chi connectivity index (χ4v) is 0. The molecule has 0 aromatic rings. The van der Waals surface area contributed by atoms with Crippen LogP contribution in [0.1, 0.15) is 0 Å². The van der Waals surface area contributed by atoms with Gasteiger partial charge in [0.1, 0.15) is 0 Å². The molecule has 0 aliphatic carbocycles. The van der Waals surface area contributed by atoms with Crippen molar-refractivity contribution in [2.24, 2.45) is 0 Å². The summed E-state index contributed by atoms with van der Waals surface area (Å²) < 4.78 is 0. The number of hydrogen-bond acceptors (Lipinski definition) is 8. The third-order valence-electron chi connectivity index (χ3n) is 0. The van der Waals surface area contributed by atoms with Crippen LogP contribution in [0.3, 0.4) is 0 Å². The van der Waals surface area contributed by atoms with Crippen LogP contribution >= 0.6 is 0 Å². The minimum Gasteiger partial charge on any atom is -0.870 e. The van der Waals surface area contributed by atoms with Crippen LogP contribution in [-0.4, -0.2) is 54.8 Å². The molecule has 0 heterocycles. The fraction of sp³-hybridized carbons (Fsp3) is 0. The molecule has 0 aromatic carbocycles. The fourth-order valence-electron chi connectivity index (χ4n) is 0. The molecule has 12 heteroatoms. The van der Waals surface area contributed by atoms with Crippen molar-refractivity contribution in [1.82, 2.24) is 0 Å². The second kappa shape index (κ2) is 1510. The number of rotatable bonds is 0. The normalized spacial score (nSPS) is 0. The molecule has 0 spiro atoms. The van der Waals surface area contributed by atoms with Gasteiger partial charge in [0.05, 0.1) is 0 Å². The maximum Gasteiger partial charge on any atom is 0 e. The summed E-state index contributed by atoms with van der Waals surface area (Å²) in [4.78, 5) is 0. The summed E-state index contributed by atoms with van der Waals surface area (Å²) in [5, 5.41) is 0. The minimum atomic E-state index is 0. The molecule has 0 fully saturated rings. The Morgan fingerprint density at radius 2 is 0.250 bits per heavy atom. The topological polar surface area (TPSA) is 303 Å². The molecule has 0 saturated carbocycles. The summed E-state index contributed by atoms with van der Waals surface area (Å²) in [6.07, 6.45) is 0. The van der Waals surface area contributed by atoms with E-state index in [1.807, 2.05) is 0 Å². The molecule has 0 bridgehead atoms. The largest absolute Gasteiger partial charge is 0.870 e. The van der Waals surface area contributed by atoms with E-state index in [9.17, 15) is 0 Å². The molecule has 0 rings (SSSR count). The van der Waals surface area contributed by atoms with Crippen LogP contribution in [0.25, 0.3) is 0 Å². The van der Waals surface area contributed by atoms with Gasteiger partial charge in [-0.05, 0) is 0 Å². The zero-order valence-electron chi connectivity index (χ0n) is 5.39. The molecular weight excluding hydrogens is 352 g/mol. The van der Waals surface area contributed by atoms with Crippen LogP contribution in [-0.2, 0) is 42.1 Å². The molecule has 10 nitrogen and oxygen atoms in total. The third kappa shape index (κ3) is 1150. The molecule has 0 saturated heterocycles. The predicted octanol–water partition coefficient (Wildman–Crippen LogP) is -3.07. The van der Waals surface area contributed by atoms with Crippen molar-refractivity contribution in [3.05, 3.63) is 0 Å². The molecule has 0 aliphatic heterocycles. The minimum absolute atomic E-state index is 0. The maximum atomic E-state index is 0. The molecular formula is H12Mo2O10-8. The Hall–Kier alpha value is 0.977. The van der Waals surface area contributed by atoms with E-state index < -0.39 is 0 Å². The van der Waals surface area contributed by atoms with Crippen LogP contribution in [0.4, 0.5) is 0 Å². The molecule has 12 N–H and O–H groups in total. The monoisotopic (exact) mass is 368 g/mol. The van der Waals surface area contributed by atoms with Gasteiger partial charge in [-0.15, -0.1) is 0 Å². The second-order valence-corrected chi connectivity index (χ2v) is 0. The van der Waals surface area contributed by atoms with Crippen molar-refractivity contribution in [2.45, 2.75) is 0 Å². The summed E-state index contributed by atoms with van der Waals surface area (Å²) in [6, 6.07) is 0. The van der Waals surface area contributed by atoms with Crippen molar-refractivity contribution in [3.63, 3.8) is 0 Å². The second-order valence-electron chi connectivity index (χ2n) is 0. The summed E-state index contributed by atoms with van der Waals surface area (Å²) in [5.74, 6) is 0. The van der Waals surface area contributed by atoms with Crippen LogP contribution in [0.5, 0.6) is 0 Å². The Morgan fingerprint density at radius 3 is 0.250 bits per heavy atom. The Morgan fingerprint density at radius 1 is 0.250 bits per heavy atom. The Labute approximate surface area is 97.0 Å². The van der Waals surface area contributed by atoms with Crippen LogP contribution in [0.2, 0.25) is 0 Å². The van der Waals surface area contributed by atoms with E-state index in [2.05, 4.69) is 0 Å². The molecule has 0 amide bonds. The zero-order valence-corrected chi connectivity index (χ0v) is 9.41. The smallest absolute Gasteiger partial charge is 0 e. The van der Waals surface area contributed by atoms with Gasteiger partial charge in [0, 0.05) is 42.1 Å². The molecule has 0 aromatic heterocycles. The maximum absolute atomic E-state index is 0. The van der Waals surface area contributed by atoms with E-state index in [1.165, 1.54) is 0 Å².